The van der Waals surface area contributed by atoms with Gasteiger partial charge >= 0.3 is 6.09 Å². The number of pyridine rings is 1. The minimum atomic E-state index is -0.567. The smallest absolute Gasteiger partial charge is 0.407 e. The van der Waals surface area contributed by atoms with Crippen LogP contribution in [-0.2, 0) is 17.6 Å². The van der Waals surface area contributed by atoms with E-state index in [-0.39, 0.29) is 18.1 Å². The highest BCUT2D eigenvalue weighted by Crippen LogP contribution is 2.37. The number of carbonyl (C=O) groups excluding carboxylic acids is 1. The molecule has 1 aliphatic carbocycles. The molecule has 8 nitrogen and oxygen atoms in total. The summed E-state index contributed by atoms with van der Waals surface area (Å²) >= 11 is 6.37. The van der Waals surface area contributed by atoms with Gasteiger partial charge in [-0.15, -0.1) is 10.2 Å². The maximum Gasteiger partial charge on any atom is 0.407 e. The lowest BCUT2D eigenvalue weighted by atomic mass is 9.86. The quantitative estimate of drug-likeness (QED) is 0.505. The first-order valence-electron chi connectivity index (χ1n) is 12.6. The fourth-order valence-electron chi connectivity index (χ4n) is 5.09. The number of fused-ring (bicyclic) bond motifs is 3. The zero-order valence-electron chi connectivity index (χ0n) is 20.9. The Labute approximate surface area is 216 Å². The Morgan fingerprint density at radius 2 is 1.89 bits per heavy atom. The first-order chi connectivity index (χ1) is 17.2. The second kappa shape index (κ2) is 10.1. The molecule has 1 aromatic carbocycles. The molecule has 1 atom stereocenters. The summed E-state index contributed by atoms with van der Waals surface area (Å²) in [7, 11) is 0. The average Bonchev–Trinajstić information content (AvgIpc) is 3.15. The Bertz CT molecular complexity index is 1220. The summed E-state index contributed by atoms with van der Waals surface area (Å²) in [5.41, 5.74) is 1.51. The topological polar surface area (TPSA) is 91.2 Å². The molecule has 2 aromatic heterocycles. The van der Waals surface area contributed by atoms with E-state index in [2.05, 4.69) is 25.1 Å². The van der Waals surface area contributed by atoms with Crippen LogP contribution in [0.2, 0.25) is 5.02 Å². The average molecular weight is 510 g/mol. The van der Waals surface area contributed by atoms with Crippen LogP contribution >= 0.6 is 11.6 Å². The van der Waals surface area contributed by atoms with Crippen molar-refractivity contribution in [1.29, 1.82) is 0 Å². The van der Waals surface area contributed by atoms with Crippen molar-refractivity contribution in [2.45, 2.75) is 83.0 Å². The van der Waals surface area contributed by atoms with Crippen LogP contribution in [0.4, 0.5) is 4.79 Å². The van der Waals surface area contributed by atoms with Crippen molar-refractivity contribution in [3.05, 3.63) is 64.8 Å². The van der Waals surface area contributed by atoms with Crippen LogP contribution in [0.1, 0.15) is 69.6 Å². The zero-order valence-corrected chi connectivity index (χ0v) is 21.7. The fourth-order valence-corrected chi connectivity index (χ4v) is 5.28. The third kappa shape index (κ3) is 5.64. The molecule has 3 heterocycles. The summed E-state index contributed by atoms with van der Waals surface area (Å²) in [5, 5.41) is 12.9. The molecule has 1 aliphatic heterocycles. The second-order valence-corrected chi connectivity index (χ2v) is 11.0. The lowest BCUT2D eigenvalue weighted by molar-refractivity contribution is 0.0504. The third-order valence-corrected chi connectivity index (χ3v) is 6.85. The number of nitrogens with zero attached hydrogens (tertiary/aromatic N) is 4. The number of hydrogen-bond acceptors (Lipinski definition) is 6. The van der Waals surface area contributed by atoms with Gasteiger partial charge in [-0.05, 0) is 82.7 Å². The molecule has 190 valence electrons. The van der Waals surface area contributed by atoms with Crippen LogP contribution in [0, 0.1) is 0 Å². The number of rotatable bonds is 4. The number of nitrogens with one attached hydrogen (secondary N) is 1. The van der Waals surface area contributed by atoms with E-state index in [1.54, 1.807) is 6.20 Å². The van der Waals surface area contributed by atoms with Gasteiger partial charge in [0.1, 0.15) is 23.4 Å². The number of carbonyl (C=O) groups is 1. The molecule has 0 saturated heterocycles. The van der Waals surface area contributed by atoms with E-state index in [9.17, 15) is 4.79 Å². The van der Waals surface area contributed by atoms with Gasteiger partial charge in [0.15, 0.2) is 0 Å². The lowest BCUT2D eigenvalue weighted by Gasteiger charge is -2.28. The molecule has 1 fully saturated rings. The van der Waals surface area contributed by atoms with Crippen LogP contribution < -0.4 is 10.1 Å². The predicted molar refractivity (Wildman–Crippen MR) is 137 cm³/mol. The second-order valence-electron chi connectivity index (χ2n) is 10.6. The minimum absolute atomic E-state index is 0.149. The Kier molecular flexibility index (Phi) is 6.88. The molecular weight excluding hydrogens is 478 g/mol. The minimum Gasteiger partial charge on any atom is -0.474 e. The van der Waals surface area contributed by atoms with Crippen molar-refractivity contribution in [3.8, 4) is 11.6 Å². The molecule has 1 amide bonds. The summed E-state index contributed by atoms with van der Waals surface area (Å²) in [6, 6.07) is 11.4. The van der Waals surface area contributed by atoms with Crippen molar-refractivity contribution in [3.63, 3.8) is 0 Å². The molecular formula is C27H32ClN5O3. The number of hydrogen-bond donors (Lipinski definition) is 1. The van der Waals surface area contributed by atoms with Gasteiger partial charge in [0.05, 0.1) is 5.69 Å². The van der Waals surface area contributed by atoms with E-state index in [4.69, 9.17) is 21.1 Å². The van der Waals surface area contributed by atoms with E-state index in [1.165, 1.54) is 0 Å². The van der Waals surface area contributed by atoms with E-state index < -0.39 is 11.7 Å². The molecule has 1 N–H and O–H groups in total. The van der Waals surface area contributed by atoms with Crippen LogP contribution in [0.5, 0.6) is 5.88 Å². The summed E-state index contributed by atoms with van der Waals surface area (Å²) in [4.78, 5) is 16.8. The molecule has 1 saturated carbocycles. The van der Waals surface area contributed by atoms with Gasteiger partial charge in [-0.3, -0.25) is 4.57 Å². The molecule has 0 unspecified atom stereocenters. The zero-order chi connectivity index (χ0) is 25.3. The number of ether oxygens (including phenoxy) is 2. The number of amides is 1. The predicted octanol–water partition coefficient (Wildman–Crippen LogP) is 5.41. The molecule has 0 spiro atoms. The molecule has 0 bridgehead atoms. The van der Waals surface area contributed by atoms with E-state index in [0.29, 0.717) is 23.7 Å². The van der Waals surface area contributed by atoms with Gasteiger partial charge in [-0.25, -0.2) is 9.78 Å². The number of halogens is 1. The van der Waals surface area contributed by atoms with Crippen LogP contribution in [0.25, 0.3) is 5.69 Å². The Hall–Kier alpha value is -3.13. The Morgan fingerprint density at radius 3 is 2.61 bits per heavy atom. The SMILES string of the molecule is CC(C)(C)OC(=O)N[C@@H]1Cc2cc(Cl)ccc2-n2c(nnc2C2CCC(Oc3ccccn3)CC2)C1. The molecule has 9 heteroatoms. The van der Waals surface area contributed by atoms with Crippen molar-refractivity contribution in [2.75, 3.05) is 0 Å². The van der Waals surface area contributed by atoms with Crippen molar-refractivity contribution < 1.29 is 14.3 Å². The first-order valence-corrected chi connectivity index (χ1v) is 12.9. The molecule has 0 radical (unpaired) electrons. The normalized spacial score (nSPS) is 21.6. The molecule has 5 rings (SSSR count). The molecule has 3 aromatic rings. The van der Waals surface area contributed by atoms with E-state index >= 15 is 0 Å². The molecule has 2 aliphatic rings. The summed E-state index contributed by atoms with van der Waals surface area (Å²) < 4.78 is 13.8. The Balaban J connectivity index is 1.36. The highest BCUT2D eigenvalue weighted by Gasteiger charge is 2.32. The highest BCUT2D eigenvalue weighted by molar-refractivity contribution is 6.30. The first kappa shape index (κ1) is 24.6. The van der Waals surface area contributed by atoms with Crippen molar-refractivity contribution >= 4 is 17.7 Å². The highest BCUT2D eigenvalue weighted by atomic mass is 35.5. The summed E-state index contributed by atoms with van der Waals surface area (Å²) in [5.74, 6) is 2.74. The van der Waals surface area contributed by atoms with Gasteiger partial charge in [-0.2, -0.15) is 0 Å². The van der Waals surface area contributed by atoms with Crippen LogP contribution in [-0.4, -0.2) is 43.6 Å². The van der Waals surface area contributed by atoms with Gasteiger partial charge in [-0.1, -0.05) is 17.7 Å². The van der Waals surface area contributed by atoms with Gasteiger partial charge in [0.2, 0.25) is 5.88 Å². The maximum atomic E-state index is 12.5. The Morgan fingerprint density at radius 1 is 1.08 bits per heavy atom. The standard InChI is InChI=1S/C27H32ClN5O3/c1-27(2,3)36-26(34)30-20-15-18-14-19(28)9-12-22(18)33-23(16-20)31-32-25(33)17-7-10-21(11-8-17)35-24-6-4-5-13-29-24/h4-6,9,12-14,17,20-21H,7-8,10-11,15-16H2,1-3H3,(H,30,34)/t17?,20-,21?/m1/s1. The maximum absolute atomic E-state index is 12.5. The van der Waals surface area contributed by atoms with Crippen molar-refractivity contribution in [1.82, 2.24) is 25.1 Å². The number of aromatic nitrogens is 4. The lowest BCUT2D eigenvalue weighted by Crippen LogP contribution is -2.41. The van der Waals surface area contributed by atoms with Gasteiger partial charge < -0.3 is 14.8 Å². The van der Waals surface area contributed by atoms with Gasteiger partial charge in [0.25, 0.3) is 0 Å². The van der Waals surface area contributed by atoms with E-state index in [1.807, 2.05) is 57.2 Å². The number of alkyl carbamates (subject to hydrolysis) is 1. The largest absolute Gasteiger partial charge is 0.474 e. The van der Waals surface area contributed by atoms with E-state index in [0.717, 1.165) is 48.6 Å². The van der Waals surface area contributed by atoms with Crippen LogP contribution in [0.15, 0.2) is 42.6 Å². The van der Waals surface area contributed by atoms with Crippen LogP contribution in [0.3, 0.4) is 0 Å². The summed E-state index contributed by atoms with van der Waals surface area (Å²) in [6.45, 7) is 5.56. The van der Waals surface area contributed by atoms with Gasteiger partial charge in [0, 0.05) is 35.7 Å². The monoisotopic (exact) mass is 509 g/mol. The third-order valence-electron chi connectivity index (χ3n) is 6.62. The summed E-state index contributed by atoms with van der Waals surface area (Å²) in [6.07, 6.45) is 6.42. The van der Waals surface area contributed by atoms with Crippen molar-refractivity contribution in [2.24, 2.45) is 0 Å². The molecule has 36 heavy (non-hydrogen) atoms. The number of benzene rings is 1. The fraction of sp³-hybridized carbons (Fsp3) is 0.481.